The molecule has 0 aliphatic carbocycles. The molecule has 8 aromatic carbocycles. The molecule has 0 N–H and O–H groups in total. The summed E-state index contributed by atoms with van der Waals surface area (Å²) in [6.07, 6.45) is 0. The molecule has 3 heterocycles. The summed E-state index contributed by atoms with van der Waals surface area (Å²) in [5.41, 5.74) is 5.92. The predicted molar refractivity (Wildman–Crippen MR) is 205 cm³/mol. The van der Waals surface area contributed by atoms with Gasteiger partial charge in [-0.05, 0) is 93.0 Å². The summed E-state index contributed by atoms with van der Waals surface area (Å²) in [7, 11) is 0. The van der Waals surface area contributed by atoms with Crippen molar-refractivity contribution in [2.45, 2.75) is 0 Å². The highest BCUT2D eigenvalue weighted by Gasteiger charge is 2.24. The third-order valence-corrected chi connectivity index (χ3v) is 9.94. The van der Waals surface area contributed by atoms with E-state index in [1.54, 1.807) is 0 Å². The van der Waals surface area contributed by atoms with Gasteiger partial charge in [0.1, 0.15) is 11.2 Å². The number of hydrogen-bond donors (Lipinski definition) is 0. The zero-order valence-electron chi connectivity index (χ0n) is 27.1. The average molecular weight is 655 g/mol. The van der Waals surface area contributed by atoms with Crippen molar-refractivity contribution in [3.8, 4) is 56.9 Å². The van der Waals surface area contributed by atoms with Gasteiger partial charge in [-0.1, -0.05) is 97.1 Å². The molecule has 0 saturated heterocycles. The zero-order chi connectivity index (χ0) is 33.5. The number of nitrogens with zero attached hydrogens (tertiary/aromatic N) is 2. The van der Waals surface area contributed by atoms with E-state index < -0.39 is 0 Å². The van der Waals surface area contributed by atoms with Gasteiger partial charge >= 0.3 is 0 Å². The van der Waals surface area contributed by atoms with Crippen LogP contribution >= 0.6 is 0 Å². The number of aromatic nitrogens is 2. The van der Waals surface area contributed by atoms with E-state index in [4.69, 9.17) is 23.9 Å². The molecular formula is C46H26N2O3. The Morgan fingerprint density at radius 3 is 1.71 bits per heavy atom. The standard InChI is InChI=1S/C46H26N2O3/c1-2-12-31-29(10-1)30-11-3-4-13-32(30)36-25-28(20-22-33(31)36)46-47-38(27-21-23-41-37(24-27)34-14-5-6-16-40(34)49-41)26-39(48-46)35-15-9-19-44-45(35)51-43-18-8-7-17-42(43)50-44/h1-26H. The fourth-order valence-electron chi connectivity index (χ4n) is 7.54. The fourth-order valence-corrected chi connectivity index (χ4v) is 7.54. The topological polar surface area (TPSA) is 57.4 Å². The highest BCUT2D eigenvalue weighted by molar-refractivity contribution is 6.25. The summed E-state index contributed by atoms with van der Waals surface area (Å²) < 4.78 is 19.0. The Morgan fingerprint density at radius 2 is 0.922 bits per heavy atom. The second-order valence-electron chi connectivity index (χ2n) is 12.9. The van der Waals surface area contributed by atoms with Crippen LogP contribution in [0, 0.1) is 0 Å². The van der Waals surface area contributed by atoms with E-state index in [1.165, 1.54) is 26.9 Å². The van der Waals surface area contributed by atoms with E-state index in [0.717, 1.165) is 55.4 Å². The van der Waals surface area contributed by atoms with Gasteiger partial charge in [-0.15, -0.1) is 0 Å². The molecule has 0 radical (unpaired) electrons. The molecule has 10 aromatic rings. The maximum Gasteiger partial charge on any atom is 0.179 e. The van der Waals surface area contributed by atoms with E-state index in [2.05, 4.69) is 84.9 Å². The number of furan rings is 1. The molecule has 0 unspecified atom stereocenters. The molecule has 0 atom stereocenters. The lowest BCUT2D eigenvalue weighted by Gasteiger charge is -2.22. The number of rotatable bonds is 3. The van der Waals surface area contributed by atoms with Gasteiger partial charge < -0.3 is 13.9 Å². The minimum Gasteiger partial charge on any atom is -0.456 e. The van der Waals surface area contributed by atoms with E-state index >= 15 is 0 Å². The second kappa shape index (κ2) is 10.8. The molecule has 51 heavy (non-hydrogen) atoms. The van der Waals surface area contributed by atoms with Crippen molar-refractivity contribution < 1.29 is 13.9 Å². The zero-order valence-corrected chi connectivity index (χ0v) is 27.1. The van der Waals surface area contributed by atoms with Crippen LogP contribution in [0.1, 0.15) is 0 Å². The van der Waals surface area contributed by atoms with Crippen LogP contribution < -0.4 is 9.47 Å². The smallest absolute Gasteiger partial charge is 0.179 e. The first-order valence-corrected chi connectivity index (χ1v) is 17.0. The van der Waals surface area contributed by atoms with Crippen molar-refractivity contribution in [3.63, 3.8) is 0 Å². The van der Waals surface area contributed by atoms with Crippen LogP contribution in [-0.2, 0) is 0 Å². The molecule has 0 amide bonds. The van der Waals surface area contributed by atoms with Gasteiger partial charge in [0, 0.05) is 27.5 Å². The first-order chi connectivity index (χ1) is 25.2. The van der Waals surface area contributed by atoms with Crippen LogP contribution in [-0.4, -0.2) is 9.97 Å². The third-order valence-electron chi connectivity index (χ3n) is 9.94. The number of ether oxygens (including phenoxy) is 2. The minimum absolute atomic E-state index is 0.619. The maximum absolute atomic E-state index is 6.50. The van der Waals surface area contributed by atoms with E-state index in [1.807, 2.05) is 72.8 Å². The molecule has 0 saturated carbocycles. The first-order valence-electron chi connectivity index (χ1n) is 17.0. The van der Waals surface area contributed by atoms with Crippen molar-refractivity contribution in [2.75, 3.05) is 0 Å². The quantitative estimate of drug-likeness (QED) is 0.177. The highest BCUT2D eigenvalue weighted by Crippen LogP contribution is 2.49. The Labute approximate surface area is 292 Å². The van der Waals surface area contributed by atoms with Gasteiger partial charge in [0.2, 0.25) is 0 Å². The fraction of sp³-hybridized carbons (Fsp3) is 0. The Kier molecular flexibility index (Phi) is 5.89. The molecule has 0 spiro atoms. The molecule has 0 fully saturated rings. The van der Waals surface area contributed by atoms with Gasteiger partial charge in [-0.2, -0.15) is 0 Å². The van der Waals surface area contributed by atoms with Gasteiger partial charge in [0.25, 0.3) is 0 Å². The van der Waals surface area contributed by atoms with Crippen molar-refractivity contribution in [3.05, 3.63) is 158 Å². The summed E-state index contributed by atoms with van der Waals surface area (Å²) in [5.74, 6) is 3.23. The second-order valence-corrected chi connectivity index (χ2v) is 12.9. The van der Waals surface area contributed by atoms with Crippen LogP contribution in [0.5, 0.6) is 23.0 Å². The van der Waals surface area contributed by atoms with Crippen LogP contribution in [0.3, 0.4) is 0 Å². The molecule has 0 bridgehead atoms. The molecule has 2 aromatic heterocycles. The number of benzene rings is 8. The van der Waals surface area contributed by atoms with Crippen LogP contribution in [0.25, 0.3) is 88.2 Å². The van der Waals surface area contributed by atoms with Crippen LogP contribution in [0.4, 0.5) is 0 Å². The van der Waals surface area contributed by atoms with Gasteiger partial charge in [-0.3, -0.25) is 0 Å². The third kappa shape index (κ3) is 4.35. The van der Waals surface area contributed by atoms with E-state index in [0.29, 0.717) is 28.8 Å². The predicted octanol–water partition coefficient (Wildman–Crippen LogP) is 12.7. The summed E-state index contributed by atoms with van der Waals surface area (Å²) in [6.45, 7) is 0. The summed E-state index contributed by atoms with van der Waals surface area (Å²) >= 11 is 0. The van der Waals surface area contributed by atoms with Gasteiger partial charge in [0.15, 0.2) is 28.8 Å². The largest absolute Gasteiger partial charge is 0.456 e. The van der Waals surface area contributed by atoms with Crippen LogP contribution in [0.2, 0.25) is 0 Å². The highest BCUT2D eigenvalue weighted by atomic mass is 16.6. The Bertz CT molecular complexity index is 3020. The molecule has 5 nitrogen and oxygen atoms in total. The summed E-state index contributed by atoms with van der Waals surface area (Å²) in [5, 5.41) is 9.36. The number of para-hydroxylation sites is 4. The Hall–Kier alpha value is -6.98. The van der Waals surface area contributed by atoms with Gasteiger partial charge in [0.05, 0.1) is 11.4 Å². The number of hydrogen-bond acceptors (Lipinski definition) is 5. The molecular weight excluding hydrogens is 629 g/mol. The summed E-state index contributed by atoms with van der Waals surface area (Å²) in [4.78, 5) is 10.5. The number of fused-ring (bicyclic) bond motifs is 11. The molecule has 1 aliphatic heterocycles. The lowest BCUT2D eigenvalue weighted by Crippen LogP contribution is -2.02. The van der Waals surface area contributed by atoms with Crippen molar-refractivity contribution in [2.24, 2.45) is 0 Å². The minimum atomic E-state index is 0.619. The average Bonchev–Trinajstić information content (AvgIpc) is 3.57. The van der Waals surface area contributed by atoms with Crippen molar-refractivity contribution in [1.29, 1.82) is 0 Å². The van der Waals surface area contributed by atoms with E-state index in [9.17, 15) is 0 Å². The SMILES string of the molecule is c1ccc2c(c1)Oc1cccc(-c3cc(-c4ccc5oc6ccccc6c5c4)nc(-c4ccc5c6ccccc6c6ccccc6c5c4)n3)c1O2. The normalized spacial score (nSPS) is 12.2. The molecule has 5 heteroatoms. The Balaban J connectivity index is 1.15. The van der Waals surface area contributed by atoms with Crippen LogP contribution in [0.15, 0.2) is 162 Å². The van der Waals surface area contributed by atoms with Crippen molar-refractivity contribution in [1.82, 2.24) is 9.97 Å². The van der Waals surface area contributed by atoms with Gasteiger partial charge in [-0.25, -0.2) is 9.97 Å². The van der Waals surface area contributed by atoms with Crippen molar-refractivity contribution >= 4 is 54.3 Å². The Morgan fingerprint density at radius 1 is 0.353 bits per heavy atom. The lowest BCUT2D eigenvalue weighted by atomic mass is 9.93. The molecule has 238 valence electrons. The summed E-state index contributed by atoms with van der Waals surface area (Å²) in [6, 6.07) is 53.9. The van der Waals surface area contributed by atoms with E-state index in [-0.39, 0.29) is 0 Å². The first kappa shape index (κ1) is 27.9. The monoisotopic (exact) mass is 654 g/mol. The maximum atomic E-state index is 6.50. The molecule has 11 rings (SSSR count). The molecule has 1 aliphatic rings. The lowest BCUT2D eigenvalue weighted by molar-refractivity contribution is 0.360.